The molecule has 4 nitrogen and oxygen atoms in total. The van der Waals surface area contributed by atoms with Gasteiger partial charge in [-0.15, -0.1) is 5.10 Å². The van der Waals surface area contributed by atoms with E-state index in [-0.39, 0.29) is 0 Å². The van der Waals surface area contributed by atoms with Gasteiger partial charge in [-0.05, 0) is 37.0 Å². The van der Waals surface area contributed by atoms with Crippen LogP contribution in [0.3, 0.4) is 0 Å². The molecule has 0 unspecified atom stereocenters. The minimum atomic E-state index is 0.395. The van der Waals surface area contributed by atoms with Gasteiger partial charge in [-0.2, -0.15) is 0 Å². The highest BCUT2D eigenvalue weighted by atomic mass is 15.4. The fourth-order valence-electron chi connectivity index (χ4n) is 2.26. The van der Waals surface area contributed by atoms with Crippen molar-refractivity contribution in [2.75, 3.05) is 5.73 Å². The van der Waals surface area contributed by atoms with Crippen LogP contribution < -0.4 is 5.73 Å². The van der Waals surface area contributed by atoms with E-state index in [1.54, 1.807) is 6.33 Å². The van der Waals surface area contributed by atoms with Crippen molar-refractivity contribution in [3.63, 3.8) is 0 Å². The topological polar surface area (TPSA) is 56.7 Å². The zero-order valence-corrected chi connectivity index (χ0v) is 7.61. The predicted molar refractivity (Wildman–Crippen MR) is 48.8 cm³/mol. The highest BCUT2D eigenvalue weighted by Gasteiger charge is 2.53. The summed E-state index contributed by atoms with van der Waals surface area (Å²) in [6.45, 7) is 1.03. The summed E-state index contributed by atoms with van der Waals surface area (Å²) in [7, 11) is 0. The number of nitrogen functional groups attached to an aromatic ring is 1. The fraction of sp³-hybridized carbons (Fsp3) is 0.778. The quantitative estimate of drug-likeness (QED) is 0.752. The van der Waals surface area contributed by atoms with Gasteiger partial charge in [0.15, 0.2) is 0 Å². The Bertz CT molecular complexity index is 322. The Morgan fingerprint density at radius 3 is 2.77 bits per heavy atom. The maximum absolute atomic E-state index is 5.47. The molecule has 0 atom stereocenters. The minimum Gasteiger partial charge on any atom is -0.367 e. The molecule has 13 heavy (non-hydrogen) atoms. The summed E-state index contributed by atoms with van der Waals surface area (Å²) < 4.78 is 1.90. The summed E-state index contributed by atoms with van der Waals surface area (Å²) in [6.07, 6.45) is 7.33. The first kappa shape index (κ1) is 7.35. The normalized spacial score (nSPS) is 24.6. The first-order chi connectivity index (χ1) is 6.28. The van der Waals surface area contributed by atoms with Crippen molar-refractivity contribution in [3.05, 3.63) is 6.33 Å². The molecule has 2 saturated carbocycles. The van der Waals surface area contributed by atoms with Crippen LogP contribution in [0.1, 0.15) is 25.7 Å². The maximum Gasteiger partial charge on any atom is 0.239 e. The molecule has 2 N–H and O–H groups in total. The van der Waals surface area contributed by atoms with Crippen LogP contribution in [0.2, 0.25) is 0 Å². The summed E-state index contributed by atoms with van der Waals surface area (Å²) in [5, 5.41) is 4.13. The number of aromatic nitrogens is 3. The molecule has 1 aromatic rings. The van der Waals surface area contributed by atoms with Gasteiger partial charge in [0.05, 0.1) is 0 Å². The monoisotopic (exact) mass is 178 g/mol. The molecule has 0 aliphatic heterocycles. The second-order valence-electron chi connectivity index (χ2n) is 4.44. The first-order valence-electron chi connectivity index (χ1n) is 4.93. The van der Waals surface area contributed by atoms with Gasteiger partial charge in [0.1, 0.15) is 6.33 Å². The maximum atomic E-state index is 5.47. The molecule has 2 aliphatic rings. The van der Waals surface area contributed by atoms with E-state index in [4.69, 9.17) is 5.73 Å². The second-order valence-corrected chi connectivity index (χ2v) is 4.44. The van der Waals surface area contributed by atoms with E-state index in [1.165, 1.54) is 25.7 Å². The van der Waals surface area contributed by atoms with E-state index in [1.807, 2.05) is 4.68 Å². The van der Waals surface area contributed by atoms with E-state index in [9.17, 15) is 0 Å². The Kier molecular flexibility index (Phi) is 1.27. The fourth-order valence-corrected chi connectivity index (χ4v) is 2.26. The summed E-state index contributed by atoms with van der Waals surface area (Å²) in [5.74, 6) is 1.37. The molecule has 0 saturated heterocycles. The van der Waals surface area contributed by atoms with Crippen LogP contribution in [0.25, 0.3) is 0 Å². The molecule has 0 aromatic carbocycles. The van der Waals surface area contributed by atoms with Crippen molar-refractivity contribution in [1.82, 2.24) is 14.8 Å². The van der Waals surface area contributed by atoms with Gasteiger partial charge in [-0.3, -0.25) is 4.68 Å². The third-order valence-corrected chi connectivity index (χ3v) is 3.37. The summed E-state index contributed by atoms with van der Waals surface area (Å²) in [6, 6.07) is 0. The third kappa shape index (κ3) is 1.20. The molecule has 2 fully saturated rings. The van der Waals surface area contributed by atoms with Crippen LogP contribution in [0, 0.1) is 11.3 Å². The number of nitrogens with zero attached hydrogens (tertiary/aromatic N) is 3. The number of anilines is 1. The number of hydrogen-bond donors (Lipinski definition) is 1. The lowest BCUT2D eigenvalue weighted by Gasteiger charge is -2.12. The highest BCUT2D eigenvalue weighted by Crippen LogP contribution is 2.62. The second kappa shape index (κ2) is 2.25. The van der Waals surface area contributed by atoms with E-state index >= 15 is 0 Å². The van der Waals surface area contributed by atoms with Crippen LogP contribution >= 0.6 is 0 Å². The van der Waals surface area contributed by atoms with Crippen molar-refractivity contribution in [3.8, 4) is 0 Å². The van der Waals surface area contributed by atoms with Crippen molar-refractivity contribution in [2.24, 2.45) is 11.3 Å². The molecule has 0 radical (unpaired) electrons. The van der Waals surface area contributed by atoms with Crippen molar-refractivity contribution < 1.29 is 0 Å². The molecule has 1 heterocycles. The molecule has 70 valence electrons. The smallest absolute Gasteiger partial charge is 0.239 e. The molecule has 2 aliphatic carbocycles. The standard InChI is InChI=1S/C9H14N4/c10-8-11-6-13(12-8)5-9(3-4-9)7-1-2-7/h6-7H,1-5H2,(H2,10,12). The first-order valence-corrected chi connectivity index (χ1v) is 4.93. The number of hydrogen-bond acceptors (Lipinski definition) is 3. The number of rotatable bonds is 3. The van der Waals surface area contributed by atoms with E-state index in [2.05, 4.69) is 10.1 Å². The van der Waals surface area contributed by atoms with Crippen molar-refractivity contribution >= 4 is 5.95 Å². The lowest BCUT2D eigenvalue weighted by molar-refractivity contribution is 0.350. The van der Waals surface area contributed by atoms with Gasteiger partial charge in [-0.25, -0.2) is 4.98 Å². The van der Waals surface area contributed by atoms with Crippen molar-refractivity contribution in [1.29, 1.82) is 0 Å². The minimum absolute atomic E-state index is 0.395. The van der Waals surface area contributed by atoms with Crippen LogP contribution in [0.4, 0.5) is 5.95 Å². The molecule has 0 amide bonds. The Balaban J connectivity index is 1.74. The lowest BCUT2D eigenvalue weighted by atomic mass is 10.0. The summed E-state index contributed by atoms with van der Waals surface area (Å²) >= 11 is 0. The zero-order valence-electron chi connectivity index (χ0n) is 7.61. The zero-order chi connectivity index (χ0) is 8.89. The Morgan fingerprint density at radius 1 is 1.54 bits per heavy atom. The largest absolute Gasteiger partial charge is 0.367 e. The van der Waals surface area contributed by atoms with E-state index in [0.29, 0.717) is 11.4 Å². The summed E-state index contributed by atoms with van der Waals surface area (Å²) in [5.41, 5.74) is 6.05. The van der Waals surface area contributed by atoms with Gasteiger partial charge in [-0.1, -0.05) is 0 Å². The van der Waals surface area contributed by atoms with Crippen LogP contribution in [-0.4, -0.2) is 14.8 Å². The molecule has 1 aromatic heterocycles. The average molecular weight is 178 g/mol. The third-order valence-electron chi connectivity index (χ3n) is 3.37. The molecule has 0 bridgehead atoms. The highest BCUT2D eigenvalue weighted by molar-refractivity contribution is 5.10. The van der Waals surface area contributed by atoms with Crippen LogP contribution in [0.5, 0.6) is 0 Å². The molecular formula is C9H14N4. The molecular weight excluding hydrogens is 164 g/mol. The van der Waals surface area contributed by atoms with Crippen LogP contribution in [-0.2, 0) is 6.54 Å². The van der Waals surface area contributed by atoms with Gasteiger partial charge in [0.2, 0.25) is 5.95 Å². The molecule has 0 spiro atoms. The molecule has 3 rings (SSSR count). The van der Waals surface area contributed by atoms with Crippen molar-refractivity contribution in [2.45, 2.75) is 32.2 Å². The SMILES string of the molecule is Nc1ncn(CC2(C3CC3)CC2)n1. The van der Waals surface area contributed by atoms with Gasteiger partial charge in [0, 0.05) is 6.54 Å². The Hall–Kier alpha value is -1.06. The summed E-state index contributed by atoms with van der Waals surface area (Å²) in [4.78, 5) is 3.94. The van der Waals surface area contributed by atoms with E-state index < -0.39 is 0 Å². The number of nitrogens with two attached hydrogens (primary N) is 1. The van der Waals surface area contributed by atoms with Gasteiger partial charge >= 0.3 is 0 Å². The molecule has 4 heteroatoms. The Labute approximate surface area is 77.1 Å². The Morgan fingerprint density at radius 2 is 2.31 bits per heavy atom. The predicted octanol–water partition coefficient (Wildman–Crippen LogP) is 1.05. The average Bonchev–Trinajstić information content (AvgIpc) is 2.94. The van der Waals surface area contributed by atoms with E-state index in [0.717, 1.165) is 12.5 Å². The van der Waals surface area contributed by atoms with Crippen LogP contribution in [0.15, 0.2) is 6.33 Å². The van der Waals surface area contributed by atoms with Gasteiger partial charge in [0.25, 0.3) is 0 Å². The van der Waals surface area contributed by atoms with Gasteiger partial charge < -0.3 is 5.73 Å². The lowest BCUT2D eigenvalue weighted by Crippen LogP contribution is -2.14.